The summed E-state index contributed by atoms with van der Waals surface area (Å²) in [6.45, 7) is 2.16. The Labute approximate surface area is 151 Å². The molecule has 21 heavy (non-hydrogen) atoms. The third-order valence-electron chi connectivity index (χ3n) is 4.61. The van der Waals surface area contributed by atoms with E-state index in [1.807, 2.05) is 0 Å². The van der Waals surface area contributed by atoms with E-state index >= 15 is 0 Å². The highest BCUT2D eigenvalue weighted by molar-refractivity contribution is 9.10. The van der Waals surface area contributed by atoms with E-state index in [1.54, 1.807) is 0 Å². The highest BCUT2D eigenvalue weighted by Gasteiger charge is 2.60. The second kappa shape index (κ2) is 6.41. The van der Waals surface area contributed by atoms with Gasteiger partial charge < -0.3 is 14.2 Å². The van der Waals surface area contributed by atoms with Crippen molar-refractivity contribution in [2.75, 3.05) is 0 Å². The topological polar surface area (TPSA) is 27.7 Å². The number of terminal acetylenes is 1. The molecule has 1 unspecified atom stereocenters. The van der Waals surface area contributed by atoms with Crippen LogP contribution in [0.5, 0.6) is 0 Å². The van der Waals surface area contributed by atoms with E-state index < -0.39 is 5.79 Å². The van der Waals surface area contributed by atoms with Crippen LogP contribution in [0.15, 0.2) is 0 Å². The number of ether oxygens (including phenoxy) is 3. The zero-order valence-corrected chi connectivity index (χ0v) is 16.6. The molecule has 3 saturated heterocycles. The second-order valence-electron chi connectivity index (χ2n) is 5.97. The van der Waals surface area contributed by atoms with Gasteiger partial charge in [0.2, 0.25) is 0 Å². The fourth-order valence-electron chi connectivity index (χ4n) is 3.46. The largest absolute Gasteiger partial charge is 0.370 e. The summed E-state index contributed by atoms with van der Waals surface area (Å²) in [6.07, 6.45) is 9.43. The lowest BCUT2D eigenvalue weighted by Crippen LogP contribution is -2.38. The number of alkyl halides is 3. The van der Waals surface area contributed by atoms with Crippen molar-refractivity contribution in [3.63, 3.8) is 0 Å². The predicted molar refractivity (Wildman–Crippen MR) is 92.3 cm³/mol. The standard InChI is InChI=1S/C15H19Br3O3/c1-3-8(16)10-5-12-13(19-10)7-15(21-12)14(18)6-11(20-15)9(17)4-2/h1,8-14H,4-7H2,2H3/t8?,9-,10-,11+,12-,13-,14+,15+/m1/s1. The summed E-state index contributed by atoms with van der Waals surface area (Å²) in [6, 6.07) is 0. The molecular formula is C15H19Br3O3. The number of fused-ring (bicyclic) bond motifs is 1. The smallest absolute Gasteiger partial charge is 0.184 e. The molecule has 0 aromatic rings. The van der Waals surface area contributed by atoms with Gasteiger partial charge in [-0.15, -0.1) is 6.42 Å². The number of halogens is 3. The molecule has 3 aliphatic rings. The lowest BCUT2D eigenvalue weighted by Gasteiger charge is -2.29. The lowest BCUT2D eigenvalue weighted by atomic mass is 10.0. The second-order valence-corrected chi connectivity index (χ2v) is 9.24. The van der Waals surface area contributed by atoms with Crippen LogP contribution in [0.3, 0.4) is 0 Å². The number of rotatable bonds is 3. The molecule has 0 aromatic heterocycles. The summed E-state index contributed by atoms with van der Waals surface area (Å²) in [5.41, 5.74) is 0. The average molecular weight is 487 g/mol. The minimum atomic E-state index is -0.538. The number of hydrogen-bond acceptors (Lipinski definition) is 3. The Morgan fingerprint density at radius 1 is 1.24 bits per heavy atom. The molecule has 0 radical (unpaired) electrons. The van der Waals surface area contributed by atoms with Gasteiger partial charge in [-0.05, 0) is 12.8 Å². The Morgan fingerprint density at radius 2 is 2.00 bits per heavy atom. The maximum absolute atomic E-state index is 6.29. The molecule has 3 nitrogen and oxygen atoms in total. The first-order valence-electron chi connectivity index (χ1n) is 7.38. The van der Waals surface area contributed by atoms with Crippen molar-refractivity contribution in [2.24, 2.45) is 0 Å². The third-order valence-corrected chi connectivity index (χ3v) is 7.77. The summed E-state index contributed by atoms with van der Waals surface area (Å²) in [5.74, 6) is 2.15. The number of hydrogen-bond donors (Lipinski definition) is 0. The van der Waals surface area contributed by atoms with E-state index in [4.69, 9.17) is 20.6 Å². The fourth-order valence-corrected chi connectivity index (χ4v) is 4.89. The normalized spacial score (nSPS) is 48.2. The minimum Gasteiger partial charge on any atom is -0.370 e. The average Bonchev–Trinajstić information content (AvgIpc) is 3.10. The van der Waals surface area contributed by atoms with Crippen molar-refractivity contribution >= 4 is 47.8 Å². The van der Waals surface area contributed by atoms with Gasteiger partial charge in [0, 0.05) is 17.7 Å². The lowest BCUT2D eigenvalue weighted by molar-refractivity contribution is -0.213. The SMILES string of the molecule is C#CC(Br)[C@H]1C[C@H]2O[C@]3(C[C@H]2O1)O[C@H]([C@H](Br)CC)C[C@@H]3Br. The quantitative estimate of drug-likeness (QED) is 0.449. The zero-order valence-electron chi connectivity index (χ0n) is 11.8. The molecule has 0 amide bonds. The van der Waals surface area contributed by atoms with Gasteiger partial charge in [-0.3, -0.25) is 0 Å². The highest BCUT2D eigenvalue weighted by atomic mass is 79.9. The van der Waals surface area contributed by atoms with Gasteiger partial charge >= 0.3 is 0 Å². The van der Waals surface area contributed by atoms with Crippen LogP contribution in [0.2, 0.25) is 0 Å². The predicted octanol–water partition coefficient (Wildman–Crippen LogP) is 3.75. The summed E-state index contributed by atoms with van der Waals surface area (Å²) in [4.78, 5) is 0.524. The first-order chi connectivity index (χ1) is 9.99. The van der Waals surface area contributed by atoms with Crippen LogP contribution in [0, 0.1) is 12.3 Å². The van der Waals surface area contributed by atoms with Crippen LogP contribution in [0.4, 0.5) is 0 Å². The maximum Gasteiger partial charge on any atom is 0.184 e. The molecule has 1 spiro atoms. The van der Waals surface area contributed by atoms with Crippen molar-refractivity contribution in [1.29, 1.82) is 0 Å². The Bertz CT molecular complexity index is 424. The van der Waals surface area contributed by atoms with Crippen LogP contribution in [0.25, 0.3) is 0 Å². The van der Waals surface area contributed by atoms with E-state index in [1.165, 1.54) is 0 Å². The Hall–Kier alpha value is 0.880. The molecule has 6 heteroatoms. The van der Waals surface area contributed by atoms with Crippen LogP contribution in [-0.2, 0) is 14.2 Å². The van der Waals surface area contributed by atoms with E-state index in [0.717, 1.165) is 25.7 Å². The molecule has 3 aliphatic heterocycles. The van der Waals surface area contributed by atoms with Gasteiger partial charge in [0.05, 0.1) is 29.2 Å². The summed E-state index contributed by atoms with van der Waals surface area (Å²) in [7, 11) is 0. The zero-order chi connectivity index (χ0) is 15.2. The van der Waals surface area contributed by atoms with Crippen molar-refractivity contribution < 1.29 is 14.2 Å². The molecule has 0 bridgehead atoms. The maximum atomic E-state index is 6.29. The molecule has 3 heterocycles. The molecule has 3 rings (SSSR count). The van der Waals surface area contributed by atoms with Gasteiger partial charge in [0.15, 0.2) is 5.79 Å². The van der Waals surface area contributed by atoms with Crippen molar-refractivity contribution in [1.82, 2.24) is 0 Å². The van der Waals surface area contributed by atoms with Gasteiger partial charge in [0.1, 0.15) is 4.83 Å². The monoisotopic (exact) mass is 484 g/mol. The van der Waals surface area contributed by atoms with Gasteiger partial charge in [0.25, 0.3) is 0 Å². The van der Waals surface area contributed by atoms with E-state index in [9.17, 15) is 0 Å². The molecule has 0 aliphatic carbocycles. The third kappa shape index (κ3) is 2.99. The molecular weight excluding hydrogens is 468 g/mol. The Morgan fingerprint density at radius 3 is 2.62 bits per heavy atom. The van der Waals surface area contributed by atoms with E-state index in [0.29, 0.717) is 4.83 Å². The summed E-state index contributed by atoms with van der Waals surface area (Å²) in [5, 5.41) is 0. The fraction of sp³-hybridized carbons (Fsp3) is 0.867. The molecule has 3 fully saturated rings. The molecule has 0 aromatic carbocycles. The summed E-state index contributed by atoms with van der Waals surface area (Å²) >= 11 is 10.9. The van der Waals surface area contributed by atoms with Crippen LogP contribution in [-0.4, -0.2) is 44.7 Å². The van der Waals surface area contributed by atoms with E-state index in [-0.39, 0.29) is 34.1 Å². The molecule has 0 saturated carbocycles. The Kier molecular flexibility index (Phi) is 5.11. The summed E-state index contributed by atoms with van der Waals surface area (Å²) < 4.78 is 18.6. The van der Waals surface area contributed by atoms with E-state index in [2.05, 4.69) is 60.6 Å². The van der Waals surface area contributed by atoms with Gasteiger partial charge in [-0.2, -0.15) is 0 Å². The van der Waals surface area contributed by atoms with Crippen LogP contribution in [0.1, 0.15) is 32.6 Å². The highest BCUT2D eigenvalue weighted by Crippen LogP contribution is 2.51. The van der Waals surface area contributed by atoms with Crippen LogP contribution < -0.4 is 0 Å². The minimum absolute atomic E-state index is 0.0351. The molecule has 0 N–H and O–H groups in total. The van der Waals surface area contributed by atoms with Crippen LogP contribution >= 0.6 is 47.8 Å². The van der Waals surface area contributed by atoms with Gasteiger partial charge in [-0.25, -0.2) is 0 Å². The first kappa shape index (κ1) is 16.7. The van der Waals surface area contributed by atoms with Gasteiger partial charge in [-0.1, -0.05) is 60.6 Å². The van der Waals surface area contributed by atoms with Crippen molar-refractivity contribution in [2.45, 2.75) is 77.3 Å². The van der Waals surface area contributed by atoms with Crippen molar-refractivity contribution in [3.05, 3.63) is 0 Å². The first-order valence-corrected chi connectivity index (χ1v) is 10.1. The molecule has 8 atom stereocenters. The molecule has 118 valence electrons. The van der Waals surface area contributed by atoms with Crippen molar-refractivity contribution in [3.8, 4) is 12.3 Å². The Balaban J connectivity index is 1.65.